The third-order valence-electron chi connectivity index (χ3n) is 4.27. The molecule has 0 aliphatic heterocycles. The van der Waals surface area contributed by atoms with Gasteiger partial charge in [0.1, 0.15) is 0 Å². The highest BCUT2D eigenvalue weighted by Gasteiger charge is 2.28. The fourth-order valence-corrected chi connectivity index (χ4v) is 2.71. The van der Waals surface area contributed by atoms with Gasteiger partial charge in [-0.1, -0.05) is 27.7 Å². The standard InChI is InChI=1S/C15H32N2O/c1-6-16-12-7-9-13(10-8-12)17(5)11-14(18)15(2,3)4/h12-14,16,18H,6-11H2,1-5H3. The summed E-state index contributed by atoms with van der Waals surface area (Å²) in [4.78, 5) is 2.36. The fourth-order valence-electron chi connectivity index (χ4n) is 2.71. The number of aliphatic hydroxyl groups excluding tert-OH is 1. The molecule has 3 nitrogen and oxygen atoms in total. The van der Waals surface area contributed by atoms with Gasteiger partial charge in [-0.25, -0.2) is 0 Å². The van der Waals surface area contributed by atoms with Gasteiger partial charge < -0.3 is 15.3 Å². The van der Waals surface area contributed by atoms with Gasteiger partial charge in [0.15, 0.2) is 0 Å². The molecule has 1 unspecified atom stereocenters. The first kappa shape index (κ1) is 15.9. The van der Waals surface area contributed by atoms with E-state index in [2.05, 4.69) is 45.0 Å². The Hall–Kier alpha value is -0.120. The van der Waals surface area contributed by atoms with E-state index in [1.807, 2.05) is 0 Å². The highest BCUT2D eigenvalue weighted by atomic mass is 16.3. The zero-order chi connectivity index (χ0) is 13.8. The Labute approximate surface area is 113 Å². The Morgan fingerprint density at radius 2 is 1.78 bits per heavy atom. The average Bonchev–Trinajstić information content (AvgIpc) is 2.29. The third kappa shape index (κ3) is 4.87. The molecule has 1 saturated carbocycles. The van der Waals surface area contributed by atoms with Crippen LogP contribution < -0.4 is 5.32 Å². The summed E-state index contributed by atoms with van der Waals surface area (Å²) in [5.74, 6) is 0. The smallest absolute Gasteiger partial charge is 0.0715 e. The molecule has 0 bridgehead atoms. The number of hydrogen-bond acceptors (Lipinski definition) is 3. The molecular formula is C15H32N2O. The molecule has 1 fully saturated rings. The lowest BCUT2D eigenvalue weighted by molar-refractivity contribution is 0.0183. The molecule has 0 aromatic heterocycles. The van der Waals surface area contributed by atoms with E-state index < -0.39 is 0 Å². The quantitative estimate of drug-likeness (QED) is 0.792. The normalized spacial score (nSPS) is 27.5. The molecule has 0 radical (unpaired) electrons. The van der Waals surface area contributed by atoms with Gasteiger partial charge in [0.2, 0.25) is 0 Å². The minimum absolute atomic E-state index is 0.0186. The van der Waals surface area contributed by atoms with Gasteiger partial charge in [-0.15, -0.1) is 0 Å². The lowest BCUT2D eigenvalue weighted by Crippen LogP contribution is -2.45. The number of nitrogens with one attached hydrogen (secondary N) is 1. The first-order valence-corrected chi connectivity index (χ1v) is 7.46. The third-order valence-corrected chi connectivity index (χ3v) is 4.27. The van der Waals surface area contributed by atoms with E-state index in [-0.39, 0.29) is 11.5 Å². The van der Waals surface area contributed by atoms with Gasteiger partial charge >= 0.3 is 0 Å². The predicted octanol–water partition coefficient (Wildman–Crippen LogP) is 2.25. The number of nitrogens with zero attached hydrogens (tertiary/aromatic N) is 1. The van der Waals surface area contributed by atoms with Crippen molar-refractivity contribution in [3.8, 4) is 0 Å². The van der Waals surface area contributed by atoms with Crippen LogP contribution in [-0.2, 0) is 0 Å². The molecular weight excluding hydrogens is 224 g/mol. The minimum Gasteiger partial charge on any atom is -0.391 e. The second-order valence-electron chi connectivity index (χ2n) is 6.88. The van der Waals surface area contributed by atoms with Gasteiger partial charge in [-0.3, -0.25) is 0 Å². The van der Waals surface area contributed by atoms with Crippen molar-refractivity contribution >= 4 is 0 Å². The minimum atomic E-state index is -0.242. The van der Waals surface area contributed by atoms with E-state index in [0.717, 1.165) is 13.1 Å². The lowest BCUT2D eigenvalue weighted by atomic mass is 9.87. The molecule has 108 valence electrons. The molecule has 0 heterocycles. The summed E-state index contributed by atoms with van der Waals surface area (Å²) in [6.07, 6.45) is 4.81. The summed E-state index contributed by atoms with van der Waals surface area (Å²) >= 11 is 0. The second kappa shape index (κ2) is 6.88. The van der Waals surface area contributed by atoms with Crippen LogP contribution in [0.3, 0.4) is 0 Å². The van der Waals surface area contributed by atoms with Crippen LogP contribution in [0, 0.1) is 5.41 Å². The first-order chi connectivity index (χ1) is 8.34. The molecule has 1 aliphatic carbocycles. The number of rotatable bonds is 5. The molecule has 0 saturated heterocycles. The summed E-state index contributed by atoms with van der Waals surface area (Å²) in [6, 6.07) is 1.36. The van der Waals surface area contributed by atoms with E-state index >= 15 is 0 Å². The van der Waals surface area contributed by atoms with Crippen molar-refractivity contribution in [2.45, 2.75) is 71.6 Å². The summed E-state index contributed by atoms with van der Waals surface area (Å²) in [5.41, 5.74) is -0.0186. The summed E-state index contributed by atoms with van der Waals surface area (Å²) in [6.45, 7) is 10.4. The van der Waals surface area contributed by atoms with E-state index in [1.165, 1.54) is 25.7 Å². The van der Waals surface area contributed by atoms with Gasteiger partial charge in [0.25, 0.3) is 0 Å². The molecule has 0 aromatic rings. The zero-order valence-electron chi connectivity index (χ0n) is 12.9. The Morgan fingerprint density at radius 3 is 2.22 bits per heavy atom. The van der Waals surface area contributed by atoms with Crippen LogP contribution in [0.15, 0.2) is 0 Å². The van der Waals surface area contributed by atoms with E-state index in [0.29, 0.717) is 12.1 Å². The Morgan fingerprint density at radius 1 is 1.22 bits per heavy atom. The van der Waals surface area contributed by atoms with Crippen molar-refractivity contribution < 1.29 is 5.11 Å². The fraction of sp³-hybridized carbons (Fsp3) is 1.00. The highest BCUT2D eigenvalue weighted by molar-refractivity contribution is 4.84. The van der Waals surface area contributed by atoms with Crippen LogP contribution in [0.2, 0.25) is 0 Å². The van der Waals surface area contributed by atoms with Crippen molar-refractivity contribution in [3.05, 3.63) is 0 Å². The number of likely N-dealkylation sites (N-methyl/N-ethyl adjacent to an activating group) is 1. The Bertz CT molecular complexity index is 229. The molecule has 18 heavy (non-hydrogen) atoms. The van der Waals surface area contributed by atoms with Crippen molar-refractivity contribution in [1.29, 1.82) is 0 Å². The molecule has 2 N–H and O–H groups in total. The van der Waals surface area contributed by atoms with Crippen LogP contribution in [-0.4, -0.2) is 48.3 Å². The molecule has 0 amide bonds. The van der Waals surface area contributed by atoms with Gasteiger partial charge in [-0.2, -0.15) is 0 Å². The molecule has 1 aliphatic rings. The SMILES string of the molecule is CCNC1CCC(N(C)CC(O)C(C)(C)C)CC1. The van der Waals surface area contributed by atoms with Crippen LogP contribution in [0.1, 0.15) is 53.4 Å². The molecule has 0 spiro atoms. The first-order valence-electron chi connectivity index (χ1n) is 7.46. The van der Waals surface area contributed by atoms with Gasteiger partial charge in [0, 0.05) is 18.6 Å². The van der Waals surface area contributed by atoms with E-state index in [9.17, 15) is 5.11 Å². The highest BCUT2D eigenvalue weighted by Crippen LogP contribution is 2.25. The van der Waals surface area contributed by atoms with Gasteiger partial charge in [0.05, 0.1) is 6.10 Å². The monoisotopic (exact) mass is 256 g/mol. The topological polar surface area (TPSA) is 35.5 Å². The molecule has 1 atom stereocenters. The van der Waals surface area contributed by atoms with Crippen molar-refractivity contribution in [2.75, 3.05) is 20.1 Å². The molecule has 0 aromatic carbocycles. The zero-order valence-corrected chi connectivity index (χ0v) is 12.9. The molecule has 1 rings (SSSR count). The van der Waals surface area contributed by atoms with Crippen LogP contribution in [0.25, 0.3) is 0 Å². The maximum atomic E-state index is 10.2. The van der Waals surface area contributed by atoms with Crippen molar-refractivity contribution in [2.24, 2.45) is 5.41 Å². The Balaban J connectivity index is 2.34. The van der Waals surface area contributed by atoms with Crippen LogP contribution in [0.4, 0.5) is 0 Å². The van der Waals surface area contributed by atoms with Crippen LogP contribution >= 0.6 is 0 Å². The number of hydrogen-bond donors (Lipinski definition) is 2. The second-order valence-corrected chi connectivity index (χ2v) is 6.88. The summed E-state index contributed by atoms with van der Waals surface area (Å²) in [5, 5.41) is 13.7. The van der Waals surface area contributed by atoms with Gasteiger partial charge in [-0.05, 0) is 44.7 Å². The summed E-state index contributed by atoms with van der Waals surface area (Å²) < 4.78 is 0. The lowest BCUT2D eigenvalue weighted by Gasteiger charge is -2.38. The maximum Gasteiger partial charge on any atom is 0.0715 e. The van der Waals surface area contributed by atoms with Crippen molar-refractivity contribution in [1.82, 2.24) is 10.2 Å². The number of aliphatic hydroxyl groups is 1. The Kier molecular flexibility index (Phi) is 6.09. The predicted molar refractivity (Wildman–Crippen MR) is 77.8 cm³/mol. The largest absolute Gasteiger partial charge is 0.391 e. The van der Waals surface area contributed by atoms with Crippen molar-refractivity contribution in [3.63, 3.8) is 0 Å². The average molecular weight is 256 g/mol. The van der Waals surface area contributed by atoms with E-state index in [4.69, 9.17) is 0 Å². The van der Waals surface area contributed by atoms with Crippen LogP contribution in [0.5, 0.6) is 0 Å². The maximum absolute atomic E-state index is 10.2. The van der Waals surface area contributed by atoms with E-state index in [1.54, 1.807) is 0 Å². The molecule has 3 heteroatoms. The summed E-state index contributed by atoms with van der Waals surface area (Å²) in [7, 11) is 2.16.